The van der Waals surface area contributed by atoms with E-state index in [4.69, 9.17) is 23.2 Å². The van der Waals surface area contributed by atoms with Crippen molar-refractivity contribution >= 4 is 40.7 Å². The van der Waals surface area contributed by atoms with Crippen LogP contribution in [0.1, 0.15) is 23.6 Å². The summed E-state index contributed by atoms with van der Waals surface area (Å²) in [5, 5.41) is 11.3. The molecule has 1 saturated heterocycles. The molecule has 1 aliphatic heterocycles. The number of halogens is 2. The number of amides is 1. The van der Waals surface area contributed by atoms with E-state index in [9.17, 15) is 14.7 Å². The third-order valence-electron chi connectivity index (χ3n) is 4.31. The minimum Gasteiger partial charge on any atom is -0.507 e. The van der Waals surface area contributed by atoms with E-state index in [0.717, 1.165) is 0 Å². The molecule has 0 radical (unpaired) electrons. The number of benzene rings is 2. The van der Waals surface area contributed by atoms with Gasteiger partial charge in [-0.05, 0) is 24.1 Å². The standard InChI is InChI=1S/C20H17Cl2NO3/c21-11-4-12-23-17(13-7-9-15(22)10-8-13)16(19(25)20(23)26)18(24)14-5-2-1-3-6-14/h1-3,5-10,17,24H,4,11-12H2. The molecule has 2 aromatic carbocycles. The van der Waals surface area contributed by atoms with E-state index in [0.29, 0.717) is 35.0 Å². The molecule has 1 unspecified atom stereocenters. The predicted molar refractivity (Wildman–Crippen MR) is 102 cm³/mol. The van der Waals surface area contributed by atoms with Crippen LogP contribution in [0.5, 0.6) is 0 Å². The van der Waals surface area contributed by atoms with Gasteiger partial charge in [-0.25, -0.2) is 0 Å². The van der Waals surface area contributed by atoms with Crippen molar-refractivity contribution in [2.75, 3.05) is 12.4 Å². The molecule has 1 atom stereocenters. The Morgan fingerprint density at radius 3 is 2.31 bits per heavy atom. The van der Waals surface area contributed by atoms with Gasteiger partial charge in [0.15, 0.2) is 0 Å². The van der Waals surface area contributed by atoms with Gasteiger partial charge < -0.3 is 10.0 Å². The fourth-order valence-corrected chi connectivity index (χ4v) is 3.33. The highest BCUT2D eigenvalue weighted by atomic mass is 35.5. The summed E-state index contributed by atoms with van der Waals surface area (Å²) >= 11 is 11.7. The van der Waals surface area contributed by atoms with Crippen molar-refractivity contribution in [2.45, 2.75) is 12.5 Å². The van der Waals surface area contributed by atoms with Gasteiger partial charge in [-0.1, -0.05) is 54.1 Å². The third-order valence-corrected chi connectivity index (χ3v) is 4.82. The Morgan fingerprint density at radius 2 is 1.69 bits per heavy atom. The van der Waals surface area contributed by atoms with Crippen LogP contribution in [-0.4, -0.2) is 34.1 Å². The van der Waals surface area contributed by atoms with E-state index >= 15 is 0 Å². The Kier molecular flexibility index (Phi) is 5.64. The molecule has 0 aliphatic carbocycles. The lowest BCUT2D eigenvalue weighted by molar-refractivity contribution is -0.139. The molecule has 0 bridgehead atoms. The maximum Gasteiger partial charge on any atom is 0.295 e. The highest BCUT2D eigenvalue weighted by Crippen LogP contribution is 2.39. The summed E-state index contributed by atoms with van der Waals surface area (Å²) < 4.78 is 0. The third kappa shape index (κ3) is 3.48. The molecule has 3 rings (SSSR count). The van der Waals surface area contributed by atoms with Crippen LogP contribution in [0.15, 0.2) is 60.2 Å². The predicted octanol–water partition coefficient (Wildman–Crippen LogP) is 4.39. The Balaban J connectivity index is 2.15. The van der Waals surface area contributed by atoms with Crippen molar-refractivity contribution in [1.82, 2.24) is 4.90 Å². The van der Waals surface area contributed by atoms with Crippen LogP contribution in [0.3, 0.4) is 0 Å². The molecule has 1 N–H and O–H groups in total. The second kappa shape index (κ2) is 7.94. The van der Waals surface area contributed by atoms with E-state index in [1.807, 2.05) is 6.07 Å². The van der Waals surface area contributed by atoms with Gasteiger partial charge in [0.05, 0.1) is 11.6 Å². The average molecular weight is 390 g/mol. The molecule has 2 aromatic rings. The zero-order valence-electron chi connectivity index (χ0n) is 13.9. The fraction of sp³-hybridized carbons (Fsp3) is 0.200. The van der Waals surface area contributed by atoms with E-state index in [1.54, 1.807) is 48.5 Å². The number of likely N-dealkylation sites (tertiary alicyclic amines) is 1. The minimum atomic E-state index is -0.694. The van der Waals surface area contributed by atoms with Gasteiger partial charge in [0.2, 0.25) is 0 Å². The Labute approximate surface area is 161 Å². The van der Waals surface area contributed by atoms with Gasteiger partial charge in [-0.3, -0.25) is 9.59 Å². The zero-order valence-corrected chi connectivity index (χ0v) is 15.4. The average Bonchev–Trinajstić information content (AvgIpc) is 2.91. The summed E-state index contributed by atoms with van der Waals surface area (Å²) in [4.78, 5) is 26.7. The molecule has 1 heterocycles. The number of alkyl halides is 1. The lowest BCUT2D eigenvalue weighted by Gasteiger charge is -2.25. The molecule has 0 saturated carbocycles. The first-order valence-corrected chi connectivity index (χ1v) is 9.11. The number of aliphatic hydroxyl groups is 1. The van der Waals surface area contributed by atoms with Crippen molar-refractivity contribution in [1.29, 1.82) is 0 Å². The molecule has 134 valence electrons. The quantitative estimate of drug-likeness (QED) is 0.357. The molecular weight excluding hydrogens is 373 g/mol. The van der Waals surface area contributed by atoms with Crippen LogP contribution in [0.2, 0.25) is 5.02 Å². The number of hydrogen-bond acceptors (Lipinski definition) is 3. The van der Waals surface area contributed by atoms with Crippen LogP contribution < -0.4 is 0 Å². The largest absolute Gasteiger partial charge is 0.507 e. The SMILES string of the molecule is O=C1C(=O)N(CCCCl)C(c2ccc(Cl)cc2)C1=C(O)c1ccccc1. The normalized spacial score (nSPS) is 19.2. The van der Waals surface area contributed by atoms with Gasteiger partial charge in [0, 0.05) is 23.0 Å². The summed E-state index contributed by atoms with van der Waals surface area (Å²) in [7, 11) is 0. The van der Waals surface area contributed by atoms with Crippen LogP contribution in [0, 0.1) is 0 Å². The second-order valence-corrected chi connectivity index (χ2v) is 6.77. The van der Waals surface area contributed by atoms with E-state index < -0.39 is 17.7 Å². The molecule has 6 heteroatoms. The van der Waals surface area contributed by atoms with E-state index in [2.05, 4.69) is 0 Å². The van der Waals surface area contributed by atoms with Crippen molar-refractivity contribution < 1.29 is 14.7 Å². The molecule has 4 nitrogen and oxygen atoms in total. The number of aliphatic hydroxyl groups excluding tert-OH is 1. The molecular formula is C20H17Cl2NO3. The lowest BCUT2D eigenvalue weighted by Crippen LogP contribution is -2.30. The zero-order chi connectivity index (χ0) is 18.7. The summed E-state index contributed by atoms with van der Waals surface area (Å²) in [5.41, 5.74) is 1.28. The second-order valence-electron chi connectivity index (χ2n) is 5.95. The molecule has 0 spiro atoms. The summed E-state index contributed by atoms with van der Waals surface area (Å²) in [6, 6.07) is 15.0. The van der Waals surface area contributed by atoms with Crippen molar-refractivity contribution in [3.8, 4) is 0 Å². The number of ketones is 1. The van der Waals surface area contributed by atoms with Gasteiger partial charge >= 0.3 is 0 Å². The van der Waals surface area contributed by atoms with Gasteiger partial charge in [-0.2, -0.15) is 0 Å². The van der Waals surface area contributed by atoms with Crippen molar-refractivity contribution in [2.24, 2.45) is 0 Å². The highest BCUT2D eigenvalue weighted by Gasteiger charge is 2.45. The maximum absolute atomic E-state index is 12.7. The number of rotatable bonds is 5. The first-order chi connectivity index (χ1) is 12.5. The molecule has 1 amide bonds. The fourth-order valence-electron chi connectivity index (χ4n) is 3.08. The minimum absolute atomic E-state index is 0.0816. The van der Waals surface area contributed by atoms with Gasteiger partial charge in [-0.15, -0.1) is 11.6 Å². The molecule has 0 aromatic heterocycles. The number of carbonyl (C=O) groups excluding carboxylic acids is 2. The first kappa shape index (κ1) is 18.5. The number of carbonyl (C=O) groups is 2. The molecule has 1 aliphatic rings. The maximum atomic E-state index is 12.7. The topological polar surface area (TPSA) is 57.6 Å². The van der Waals surface area contributed by atoms with Crippen molar-refractivity contribution in [3.05, 3.63) is 76.3 Å². The summed E-state index contributed by atoms with van der Waals surface area (Å²) in [6.45, 7) is 0.326. The van der Waals surface area contributed by atoms with Gasteiger partial charge in [0.1, 0.15) is 5.76 Å². The van der Waals surface area contributed by atoms with E-state index in [1.165, 1.54) is 4.90 Å². The Hall–Kier alpha value is -2.30. The van der Waals surface area contributed by atoms with Crippen LogP contribution in [0.4, 0.5) is 0 Å². The molecule has 26 heavy (non-hydrogen) atoms. The molecule has 1 fully saturated rings. The Bertz CT molecular complexity index is 847. The first-order valence-electron chi connectivity index (χ1n) is 8.20. The van der Waals surface area contributed by atoms with Gasteiger partial charge in [0.25, 0.3) is 11.7 Å². The number of nitrogens with zero attached hydrogens (tertiary/aromatic N) is 1. The van der Waals surface area contributed by atoms with Crippen LogP contribution >= 0.6 is 23.2 Å². The monoisotopic (exact) mass is 389 g/mol. The number of hydrogen-bond donors (Lipinski definition) is 1. The van der Waals surface area contributed by atoms with Crippen molar-refractivity contribution in [3.63, 3.8) is 0 Å². The van der Waals surface area contributed by atoms with E-state index in [-0.39, 0.29) is 11.3 Å². The lowest BCUT2D eigenvalue weighted by atomic mass is 9.95. The summed E-state index contributed by atoms with van der Waals surface area (Å²) in [5.74, 6) is -1.14. The number of Topliss-reactive ketones (excluding diaryl/α,β-unsaturated/α-hetero) is 1. The smallest absolute Gasteiger partial charge is 0.295 e. The van der Waals surface area contributed by atoms with Crippen LogP contribution in [0.25, 0.3) is 5.76 Å². The van der Waals surface area contributed by atoms with Crippen LogP contribution in [-0.2, 0) is 9.59 Å². The Morgan fingerprint density at radius 1 is 1.04 bits per heavy atom. The highest BCUT2D eigenvalue weighted by molar-refractivity contribution is 6.46. The summed E-state index contributed by atoms with van der Waals surface area (Å²) in [6.07, 6.45) is 0.546.